The molecule has 2 aromatic rings. The largest absolute Gasteiger partial charge is 0.463 e. The van der Waals surface area contributed by atoms with Crippen LogP contribution in [-0.2, 0) is 13.0 Å². The van der Waals surface area contributed by atoms with Gasteiger partial charge < -0.3 is 30.6 Å². The lowest BCUT2D eigenvalue weighted by Gasteiger charge is -2.37. The summed E-state index contributed by atoms with van der Waals surface area (Å²) in [4.78, 5) is 16.7. The molecule has 8 nitrogen and oxygen atoms in total. The Balaban J connectivity index is 1.71. The molecule has 2 aliphatic heterocycles. The molecule has 0 spiro atoms. The van der Waals surface area contributed by atoms with E-state index in [9.17, 15) is 0 Å². The maximum Gasteiger partial charge on any atom is 0.318 e. The fourth-order valence-electron chi connectivity index (χ4n) is 4.42. The number of aromatic nitrogens is 2. The summed E-state index contributed by atoms with van der Waals surface area (Å²) < 4.78 is 5.87. The number of piperazine rings is 1. The fourth-order valence-corrected chi connectivity index (χ4v) is 4.42. The van der Waals surface area contributed by atoms with Gasteiger partial charge in [0.2, 0.25) is 0 Å². The molecule has 0 aliphatic carbocycles. The molecule has 166 valence electrons. The molecule has 3 heterocycles. The molecule has 1 fully saturated rings. The number of nitrogens with two attached hydrogens (primary N) is 1. The van der Waals surface area contributed by atoms with Gasteiger partial charge in [0.25, 0.3) is 0 Å². The minimum Gasteiger partial charge on any atom is -0.463 e. The number of hydrogen-bond donors (Lipinski definition) is 2. The first-order chi connectivity index (χ1) is 15.0. The smallest absolute Gasteiger partial charge is 0.318 e. The highest BCUT2D eigenvalue weighted by molar-refractivity contribution is 5.94. The first-order valence-electron chi connectivity index (χ1n) is 11.1. The van der Waals surface area contributed by atoms with E-state index in [-0.39, 0.29) is 0 Å². The number of aryl methyl sites for hydroxylation is 1. The summed E-state index contributed by atoms with van der Waals surface area (Å²) in [5.41, 5.74) is 12.0. The maximum atomic E-state index is 7.89. The van der Waals surface area contributed by atoms with Gasteiger partial charge >= 0.3 is 6.01 Å². The van der Waals surface area contributed by atoms with Gasteiger partial charge in [-0.2, -0.15) is 9.97 Å². The molecule has 1 saturated heterocycles. The van der Waals surface area contributed by atoms with Crippen molar-refractivity contribution in [2.75, 3.05) is 61.9 Å². The van der Waals surface area contributed by atoms with Crippen molar-refractivity contribution in [3.8, 4) is 6.01 Å². The van der Waals surface area contributed by atoms with Crippen molar-refractivity contribution >= 4 is 23.4 Å². The third-order valence-corrected chi connectivity index (χ3v) is 6.17. The molecule has 0 radical (unpaired) electrons. The third-order valence-electron chi connectivity index (χ3n) is 6.17. The van der Waals surface area contributed by atoms with Crippen LogP contribution < -0.4 is 20.3 Å². The number of nitrogen functional groups attached to an aromatic ring is 1. The SMILES string of the molecule is CCCOc1nc2c(c(N3CCN(C)CC3)n1)CCN(c1c(C)ccc(N)c1C=N)C2. The van der Waals surface area contributed by atoms with Crippen LogP contribution >= 0.6 is 0 Å². The molecule has 0 unspecified atom stereocenters. The number of likely N-dealkylation sites (N-methyl/N-ethyl adjacent to an activating group) is 1. The highest BCUT2D eigenvalue weighted by Crippen LogP contribution is 2.35. The predicted octanol–water partition coefficient (Wildman–Crippen LogP) is 2.47. The summed E-state index contributed by atoms with van der Waals surface area (Å²) in [6, 6.07) is 4.37. The predicted molar refractivity (Wildman–Crippen MR) is 126 cm³/mol. The Kier molecular flexibility index (Phi) is 6.27. The molecule has 31 heavy (non-hydrogen) atoms. The van der Waals surface area contributed by atoms with E-state index in [1.165, 1.54) is 11.8 Å². The van der Waals surface area contributed by atoms with Crippen molar-refractivity contribution in [3.63, 3.8) is 0 Å². The van der Waals surface area contributed by atoms with Gasteiger partial charge in [0.15, 0.2) is 0 Å². The van der Waals surface area contributed by atoms with E-state index in [1.807, 2.05) is 12.1 Å². The van der Waals surface area contributed by atoms with Crippen LogP contribution in [0.1, 0.15) is 35.7 Å². The minimum atomic E-state index is 0.466. The number of hydrogen-bond acceptors (Lipinski definition) is 8. The summed E-state index contributed by atoms with van der Waals surface area (Å²) in [5, 5.41) is 7.89. The van der Waals surface area contributed by atoms with Crippen LogP contribution in [0.2, 0.25) is 0 Å². The summed E-state index contributed by atoms with van der Waals surface area (Å²) >= 11 is 0. The van der Waals surface area contributed by atoms with E-state index >= 15 is 0 Å². The van der Waals surface area contributed by atoms with E-state index in [0.29, 0.717) is 24.8 Å². The molecule has 1 aromatic heterocycles. The molecular formula is C23H33N7O. The van der Waals surface area contributed by atoms with Gasteiger partial charge in [0.1, 0.15) is 5.82 Å². The quantitative estimate of drug-likeness (QED) is 0.544. The molecular weight excluding hydrogens is 390 g/mol. The Morgan fingerprint density at radius 1 is 1.13 bits per heavy atom. The van der Waals surface area contributed by atoms with E-state index in [2.05, 4.69) is 35.6 Å². The highest BCUT2D eigenvalue weighted by Gasteiger charge is 2.28. The number of fused-ring (bicyclic) bond motifs is 1. The lowest BCUT2D eigenvalue weighted by Crippen LogP contribution is -2.46. The standard InChI is InChI=1S/C23H33N7O/c1-4-13-31-23-26-20-15-30(21-16(2)5-6-19(25)18(21)14-24)8-7-17(20)22(27-23)29-11-9-28(3)10-12-29/h5-6,14,24H,4,7-13,15,25H2,1-3H3. The van der Waals surface area contributed by atoms with Crippen molar-refractivity contribution in [2.45, 2.75) is 33.2 Å². The van der Waals surface area contributed by atoms with Crippen molar-refractivity contribution in [3.05, 3.63) is 34.5 Å². The van der Waals surface area contributed by atoms with Gasteiger partial charge in [-0.25, -0.2) is 0 Å². The Hall–Kier alpha value is -2.87. The first kappa shape index (κ1) is 21.4. The van der Waals surface area contributed by atoms with Crippen LogP contribution in [-0.4, -0.2) is 67.5 Å². The molecule has 0 saturated carbocycles. The van der Waals surface area contributed by atoms with Gasteiger partial charge in [-0.05, 0) is 38.4 Å². The number of rotatable bonds is 6. The van der Waals surface area contributed by atoms with Crippen molar-refractivity contribution in [2.24, 2.45) is 0 Å². The fraction of sp³-hybridized carbons (Fsp3) is 0.522. The number of benzene rings is 1. The lowest BCUT2D eigenvalue weighted by molar-refractivity contribution is 0.288. The number of nitrogens with zero attached hydrogens (tertiary/aromatic N) is 5. The zero-order valence-electron chi connectivity index (χ0n) is 18.8. The number of anilines is 3. The van der Waals surface area contributed by atoms with E-state index in [0.717, 1.165) is 73.9 Å². The van der Waals surface area contributed by atoms with E-state index in [1.54, 1.807) is 0 Å². The van der Waals surface area contributed by atoms with Gasteiger partial charge in [0.05, 0.1) is 24.5 Å². The van der Waals surface area contributed by atoms with E-state index in [4.69, 9.17) is 25.8 Å². The normalized spacial score (nSPS) is 16.9. The highest BCUT2D eigenvalue weighted by atomic mass is 16.5. The van der Waals surface area contributed by atoms with Crippen molar-refractivity contribution in [1.82, 2.24) is 14.9 Å². The molecule has 0 amide bonds. The zero-order chi connectivity index (χ0) is 22.0. The van der Waals surface area contributed by atoms with Crippen LogP contribution in [0.3, 0.4) is 0 Å². The Bertz CT molecular complexity index is 953. The van der Waals surface area contributed by atoms with Crippen LogP contribution in [0.4, 0.5) is 17.2 Å². The van der Waals surface area contributed by atoms with Crippen molar-refractivity contribution < 1.29 is 4.74 Å². The second-order valence-electron chi connectivity index (χ2n) is 8.44. The molecule has 4 rings (SSSR count). The monoisotopic (exact) mass is 423 g/mol. The maximum absolute atomic E-state index is 7.89. The molecule has 2 aliphatic rings. The van der Waals surface area contributed by atoms with Gasteiger partial charge in [-0.15, -0.1) is 0 Å². The average Bonchev–Trinajstić information content (AvgIpc) is 2.78. The minimum absolute atomic E-state index is 0.466. The zero-order valence-corrected chi connectivity index (χ0v) is 18.8. The molecule has 3 N–H and O–H groups in total. The first-order valence-corrected chi connectivity index (χ1v) is 11.1. The number of nitrogens with one attached hydrogen (secondary N) is 1. The average molecular weight is 424 g/mol. The third kappa shape index (κ3) is 4.30. The summed E-state index contributed by atoms with van der Waals surface area (Å²) in [5.74, 6) is 1.03. The Morgan fingerprint density at radius 3 is 2.61 bits per heavy atom. The Labute approximate surface area is 184 Å². The summed E-state index contributed by atoms with van der Waals surface area (Å²) in [6.07, 6.45) is 3.14. The van der Waals surface area contributed by atoms with Gasteiger partial charge in [0, 0.05) is 55.8 Å². The van der Waals surface area contributed by atoms with E-state index < -0.39 is 0 Å². The lowest BCUT2D eigenvalue weighted by atomic mass is 10.00. The second kappa shape index (κ2) is 9.09. The summed E-state index contributed by atoms with van der Waals surface area (Å²) in [7, 11) is 2.16. The van der Waals surface area contributed by atoms with Gasteiger partial charge in [-0.1, -0.05) is 13.0 Å². The summed E-state index contributed by atoms with van der Waals surface area (Å²) in [6.45, 7) is 10.3. The van der Waals surface area contributed by atoms with Crippen molar-refractivity contribution in [1.29, 1.82) is 5.41 Å². The van der Waals surface area contributed by atoms with Crippen LogP contribution in [0, 0.1) is 12.3 Å². The number of ether oxygens (including phenoxy) is 1. The molecule has 0 bridgehead atoms. The van der Waals surface area contributed by atoms with Crippen LogP contribution in [0.25, 0.3) is 0 Å². The second-order valence-corrected chi connectivity index (χ2v) is 8.44. The van der Waals surface area contributed by atoms with Crippen LogP contribution in [0.15, 0.2) is 12.1 Å². The topological polar surface area (TPSA) is 94.6 Å². The Morgan fingerprint density at radius 2 is 1.90 bits per heavy atom. The van der Waals surface area contributed by atoms with Gasteiger partial charge in [-0.3, -0.25) is 0 Å². The molecule has 1 aromatic carbocycles. The van der Waals surface area contributed by atoms with Crippen LogP contribution in [0.5, 0.6) is 6.01 Å². The molecule has 8 heteroatoms. The molecule has 0 atom stereocenters.